The summed E-state index contributed by atoms with van der Waals surface area (Å²) in [7, 11) is -3.39. The lowest BCUT2D eigenvalue weighted by atomic mass is 10.1. The van der Waals surface area contributed by atoms with E-state index in [-0.39, 0.29) is 35.9 Å². The Morgan fingerprint density at radius 1 is 1.39 bits per heavy atom. The molecule has 0 amide bonds. The van der Waals surface area contributed by atoms with E-state index in [4.69, 9.17) is 4.74 Å². The zero-order chi connectivity index (χ0) is 15.6. The van der Waals surface area contributed by atoms with Crippen molar-refractivity contribution in [1.82, 2.24) is 9.62 Å². The van der Waals surface area contributed by atoms with Crippen LogP contribution in [0.2, 0.25) is 0 Å². The molecule has 23 heavy (non-hydrogen) atoms. The van der Waals surface area contributed by atoms with E-state index in [0.29, 0.717) is 38.4 Å². The Labute approximate surface area is 142 Å². The average molecular weight is 365 g/mol. The minimum atomic E-state index is -3.39. The molecule has 0 radical (unpaired) electrons. The molecule has 130 valence electrons. The Morgan fingerprint density at radius 3 is 2.91 bits per heavy atom. The molecule has 1 aromatic rings. The zero-order valence-electron chi connectivity index (χ0n) is 12.8. The molecule has 0 saturated carbocycles. The summed E-state index contributed by atoms with van der Waals surface area (Å²) in [6.07, 6.45) is 0.788. The molecule has 8 heteroatoms. The molecule has 3 rings (SSSR count). The van der Waals surface area contributed by atoms with Crippen molar-refractivity contribution in [2.75, 3.05) is 38.6 Å². The number of nitrogens with one attached hydrogen (secondary N) is 1. The summed E-state index contributed by atoms with van der Waals surface area (Å²) in [5, 5.41) is 3.20. The van der Waals surface area contributed by atoms with Gasteiger partial charge in [-0.2, -0.15) is 4.31 Å². The quantitative estimate of drug-likeness (QED) is 0.880. The highest BCUT2D eigenvalue weighted by molar-refractivity contribution is 7.89. The van der Waals surface area contributed by atoms with Crippen molar-refractivity contribution in [3.05, 3.63) is 35.6 Å². The van der Waals surface area contributed by atoms with Crippen molar-refractivity contribution in [1.29, 1.82) is 0 Å². The second kappa shape index (κ2) is 7.90. The Bertz CT molecular complexity index is 623. The van der Waals surface area contributed by atoms with Crippen LogP contribution in [0.25, 0.3) is 0 Å². The van der Waals surface area contributed by atoms with Crippen LogP contribution >= 0.6 is 12.4 Å². The molecule has 2 heterocycles. The number of rotatable bonds is 4. The number of hydrogen-bond acceptors (Lipinski definition) is 4. The van der Waals surface area contributed by atoms with E-state index in [1.807, 2.05) is 0 Å². The van der Waals surface area contributed by atoms with Gasteiger partial charge in [0.2, 0.25) is 10.0 Å². The zero-order valence-corrected chi connectivity index (χ0v) is 14.4. The van der Waals surface area contributed by atoms with Gasteiger partial charge in [-0.1, -0.05) is 12.1 Å². The maximum atomic E-state index is 13.5. The monoisotopic (exact) mass is 364 g/mol. The Morgan fingerprint density at radius 2 is 2.22 bits per heavy atom. The van der Waals surface area contributed by atoms with Crippen molar-refractivity contribution < 1.29 is 17.5 Å². The fourth-order valence-electron chi connectivity index (χ4n) is 3.12. The van der Waals surface area contributed by atoms with Crippen LogP contribution in [0.3, 0.4) is 0 Å². The molecule has 5 nitrogen and oxygen atoms in total. The molecule has 1 N–H and O–H groups in total. The van der Waals surface area contributed by atoms with Crippen molar-refractivity contribution in [2.24, 2.45) is 5.92 Å². The van der Waals surface area contributed by atoms with Crippen LogP contribution < -0.4 is 5.32 Å². The van der Waals surface area contributed by atoms with Crippen LogP contribution in [0.5, 0.6) is 0 Å². The first kappa shape index (κ1) is 18.6. The minimum absolute atomic E-state index is 0. The number of benzene rings is 1. The smallest absolute Gasteiger partial charge is 0.215 e. The molecule has 2 saturated heterocycles. The number of ether oxygens (including phenoxy) is 1. The van der Waals surface area contributed by atoms with E-state index in [1.54, 1.807) is 12.1 Å². The van der Waals surface area contributed by atoms with E-state index in [0.717, 1.165) is 6.42 Å². The van der Waals surface area contributed by atoms with Crippen molar-refractivity contribution in [2.45, 2.75) is 12.5 Å². The summed E-state index contributed by atoms with van der Waals surface area (Å²) in [5.41, 5.74) is 0.693. The molecule has 0 aliphatic carbocycles. The van der Waals surface area contributed by atoms with Crippen molar-refractivity contribution in [3.63, 3.8) is 0 Å². The Balaban J connectivity index is 0.00000192. The van der Waals surface area contributed by atoms with E-state index in [9.17, 15) is 12.8 Å². The molecule has 2 unspecified atom stereocenters. The summed E-state index contributed by atoms with van der Waals surface area (Å²) in [4.78, 5) is 0. The topological polar surface area (TPSA) is 58.6 Å². The first-order valence-corrected chi connectivity index (χ1v) is 9.20. The molecule has 0 spiro atoms. The van der Waals surface area contributed by atoms with Gasteiger partial charge in [0.25, 0.3) is 0 Å². The van der Waals surface area contributed by atoms with Crippen LogP contribution in [0.1, 0.15) is 18.0 Å². The predicted octanol–water partition coefficient (Wildman–Crippen LogP) is 1.56. The van der Waals surface area contributed by atoms with Gasteiger partial charge in [-0.25, -0.2) is 12.8 Å². The Hall–Kier alpha value is -0.730. The maximum Gasteiger partial charge on any atom is 0.215 e. The molecule has 0 aromatic heterocycles. The highest BCUT2D eigenvalue weighted by atomic mass is 35.5. The van der Waals surface area contributed by atoms with Gasteiger partial charge in [0.15, 0.2) is 0 Å². The summed E-state index contributed by atoms with van der Waals surface area (Å²) in [5.74, 6) is -0.170. The molecule has 0 bridgehead atoms. The lowest BCUT2D eigenvalue weighted by Crippen LogP contribution is -2.49. The lowest BCUT2D eigenvalue weighted by Gasteiger charge is -2.36. The standard InChI is InChI=1S/C15H21FN2O3S.ClH/c16-14-3-1-2-13(8-14)15-9-17-5-6-18(15)22(19,20)11-12-4-7-21-10-12;/h1-3,8,12,15,17H,4-7,9-11H2;1H. The van der Waals surface area contributed by atoms with Crippen LogP contribution in [0, 0.1) is 11.7 Å². The van der Waals surface area contributed by atoms with Crippen LogP contribution in [-0.2, 0) is 14.8 Å². The number of piperazine rings is 1. The SMILES string of the molecule is Cl.O=S(=O)(CC1CCOC1)N1CCNCC1c1cccc(F)c1. The molecular weight excluding hydrogens is 343 g/mol. The van der Waals surface area contributed by atoms with Gasteiger partial charge in [0, 0.05) is 26.2 Å². The molecule has 2 aliphatic rings. The van der Waals surface area contributed by atoms with Crippen LogP contribution in [0.4, 0.5) is 4.39 Å². The second-order valence-corrected chi connectivity index (χ2v) is 7.86. The third-order valence-corrected chi connectivity index (χ3v) is 6.30. The van der Waals surface area contributed by atoms with E-state index < -0.39 is 10.0 Å². The van der Waals surface area contributed by atoms with Gasteiger partial charge in [-0.05, 0) is 30.0 Å². The first-order chi connectivity index (χ1) is 10.6. The van der Waals surface area contributed by atoms with Crippen LogP contribution in [0.15, 0.2) is 24.3 Å². The fraction of sp³-hybridized carbons (Fsp3) is 0.600. The van der Waals surface area contributed by atoms with E-state index in [2.05, 4.69) is 5.32 Å². The Kier molecular flexibility index (Phi) is 6.39. The van der Waals surface area contributed by atoms with Gasteiger partial charge in [0.05, 0.1) is 18.4 Å². The number of sulfonamides is 1. The van der Waals surface area contributed by atoms with Gasteiger partial charge < -0.3 is 10.1 Å². The molecule has 2 atom stereocenters. The number of hydrogen-bond donors (Lipinski definition) is 1. The summed E-state index contributed by atoms with van der Waals surface area (Å²) in [6, 6.07) is 5.83. The number of nitrogens with zero attached hydrogens (tertiary/aromatic N) is 1. The van der Waals surface area contributed by atoms with E-state index in [1.165, 1.54) is 16.4 Å². The average Bonchev–Trinajstić information content (AvgIpc) is 2.99. The first-order valence-electron chi connectivity index (χ1n) is 7.60. The summed E-state index contributed by atoms with van der Waals surface area (Å²) < 4.78 is 45.8. The van der Waals surface area contributed by atoms with Crippen LogP contribution in [-0.4, -0.2) is 51.3 Å². The van der Waals surface area contributed by atoms with Crippen molar-refractivity contribution in [3.8, 4) is 0 Å². The van der Waals surface area contributed by atoms with Gasteiger partial charge in [0.1, 0.15) is 5.82 Å². The molecular formula is C15H22ClFN2O3S. The highest BCUT2D eigenvalue weighted by Gasteiger charge is 2.35. The highest BCUT2D eigenvalue weighted by Crippen LogP contribution is 2.28. The van der Waals surface area contributed by atoms with Gasteiger partial charge >= 0.3 is 0 Å². The maximum absolute atomic E-state index is 13.5. The molecule has 2 fully saturated rings. The minimum Gasteiger partial charge on any atom is -0.381 e. The normalized spacial score (nSPS) is 26.0. The fourth-order valence-corrected chi connectivity index (χ4v) is 5.13. The third kappa shape index (κ3) is 4.42. The molecule has 1 aromatic carbocycles. The summed E-state index contributed by atoms with van der Waals surface area (Å²) in [6.45, 7) is 2.68. The second-order valence-electron chi connectivity index (χ2n) is 5.89. The predicted molar refractivity (Wildman–Crippen MR) is 88.7 cm³/mol. The summed E-state index contributed by atoms with van der Waals surface area (Å²) >= 11 is 0. The third-order valence-electron chi connectivity index (χ3n) is 4.26. The van der Waals surface area contributed by atoms with Gasteiger partial charge in [-0.3, -0.25) is 0 Å². The lowest BCUT2D eigenvalue weighted by molar-refractivity contribution is 0.188. The van der Waals surface area contributed by atoms with Crippen molar-refractivity contribution >= 4 is 22.4 Å². The largest absolute Gasteiger partial charge is 0.381 e. The van der Waals surface area contributed by atoms with E-state index >= 15 is 0 Å². The number of halogens is 2. The van der Waals surface area contributed by atoms with Gasteiger partial charge in [-0.15, -0.1) is 12.4 Å². The molecule has 2 aliphatic heterocycles.